The first-order valence-electron chi connectivity index (χ1n) is 6.33. The Morgan fingerprint density at radius 2 is 1.95 bits per heavy atom. The molecular formula is C15H17NO2S2. The van der Waals surface area contributed by atoms with E-state index in [4.69, 9.17) is 5.11 Å². The number of aliphatic hydroxyl groups excluding tert-OH is 1. The van der Waals surface area contributed by atoms with Crippen molar-refractivity contribution in [1.82, 2.24) is 5.32 Å². The fourth-order valence-corrected chi connectivity index (χ4v) is 3.50. The van der Waals surface area contributed by atoms with Gasteiger partial charge in [0.2, 0.25) is 0 Å². The minimum absolute atomic E-state index is 0.00340. The van der Waals surface area contributed by atoms with Crippen LogP contribution in [-0.4, -0.2) is 23.8 Å². The van der Waals surface area contributed by atoms with Crippen LogP contribution < -0.4 is 5.32 Å². The van der Waals surface area contributed by atoms with E-state index in [1.807, 2.05) is 42.0 Å². The summed E-state index contributed by atoms with van der Waals surface area (Å²) in [6.07, 6.45) is 2.76. The third-order valence-corrected chi connectivity index (χ3v) is 4.78. The first-order valence-corrected chi connectivity index (χ1v) is 8.43. The normalized spacial score (nSPS) is 10.5. The minimum Gasteiger partial charge on any atom is -0.392 e. The van der Waals surface area contributed by atoms with Gasteiger partial charge in [-0.1, -0.05) is 24.3 Å². The quantitative estimate of drug-likeness (QED) is 0.807. The maximum Gasteiger partial charge on any atom is 0.262 e. The summed E-state index contributed by atoms with van der Waals surface area (Å²) >= 11 is 3.06. The number of carbonyl (C=O) groups is 1. The van der Waals surface area contributed by atoms with Crippen LogP contribution >= 0.6 is 23.1 Å². The number of carbonyl (C=O) groups excluding carboxylic acids is 1. The maximum atomic E-state index is 12.0. The highest BCUT2D eigenvalue weighted by molar-refractivity contribution is 7.98. The lowest BCUT2D eigenvalue weighted by Gasteiger charge is -2.06. The van der Waals surface area contributed by atoms with Crippen molar-refractivity contribution in [2.45, 2.75) is 17.9 Å². The Bertz CT molecular complexity index is 564. The number of hydrogen-bond acceptors (Lipinski definition) is 4. The standard InChI is InChI=1S/C15H17NO2S2/c1-19-13-7-9-20-14(13)15(18)16-8-6-11-2-4-12(10-17)5-3-11/h2-5,7,9,17H,6,8,10H2,1H3,(H,16,18). The summed E-state index contributed by atoms with van der Waals surface area (Å²) in [7, 11) is 0. The largest absolute Gasteiger partial charge is 0.392 e. The van der Waals surface area contributed by atoms with Gasteiger partial charge in [-0.3, -0.25) is 4.79 Å². The molecule has 1 heterocycles. The van der Waals surface area contributed by atoms with E-state index in [-0.39, 0.29) is 12.5 Å². The lowest BCUT2D eigenvalue weighted by Crippen LogP contribution is -2.25. The molecule has 1 aromatic heterocycles. The molecule has 5 heteroatoms. The van der Waals surface area contributed by atoms with Crippen LogP contribution in [0.4, 0.5) is 0 Å². The molecule has 2 rings (SSSR count). The number of thiophene rings is 1. The van der Waals surface area contributed by atoms with Crippen molar-refractivity contribution in [2.75, 3.05) is 12.8 Å². The van der Waals surface area contributed by atoms with E-state index in [1.54, 1.807) is 11.8 Å². The van der Waals surface area contributed by atoms with Gasteiger partial charge in [-0.15, -0.1) is 23.1 Å². The van der Waals surface area contributed by atoms with Crippen LogP contribution in [-0.2, 0) is 13.0 Å². The van der Waals surface area contributed by atoms with Crippen LogP contribution in [0.25, 0.3) is 0 Å². The van der Waals surface area contributed by atoms with Gasteiger partial charge in [-0.25, -0.2) is 0 Å². The molecule has 2 aromatic rings. The number of hydrogen-bond donors (Lipinski definition) is 2. The zero-order chi connectivity index (χ0) is 14.4. The van der Waals surface area contributed by atoms with Gasteiger partial charge >= 0.3 is 0 Å². The molecule has 0 aliphatic rings. The van der Waals surface area contributed by atoms with Crippen LogP contribution in [0.3, 0.4) is 0 Å². The monoisotopic (exact) mass is 307 g/mol. The molecule has 1 amide bonds. The zero-order valence-electron chi connectivity index (χ0n) is 11.3. The van der Waals surface area contributed by atoms with Gasteiger partial charge in [0.25, 0.3) is 5.91 Å². The Balaban J connectivity index is 1.84. The number of rotatable bonds is 6. The Morgan fingerprint density at radius 3 is 2.60 bits per heavy atom. The fourth-order valence-electron chi connectivity index (χ4n) is 1.84. The number of thioether (sulfide) groups is 1. The van der Waals surface area contributed by atoms with Gasteiger partial charge in [-0.05, 0) is 35.2 Å². The van der Waals surface area contributed by atoms with Crippen LogP contribution in [0.1, 0.15) is 20.8 Å². The average molecular weight is 307 g/mol. The Hall–Kier alpha value is -1.30. The molecule has 0 unspecified atom stereocenters. The van der Waals surface area contributed by atoms with Gasteiger partial charge in [0.1, 0.15) is 4.88 Å². The third kappa shape index (κ3) is 3.85. The molecule has 0 radical (unpaired) electrons. The summed E-state index contributed by atoms with van der Waals surface area (Å²) < 4.78 is 0. The molecule has 0 saturated heterocycles. The van der Waals surface area contributed by atoms with Crippen molar-refractivity contribution in [1.29, 1.82) is 0 Å². The molecule has 3 nitrogen and oxygen atoms in total. The van der Waals surface area contributed by atoms with Gasteiger partial charge in [0.05, 0.1) is 6.61 Å². The van der Waals surface area contributed by atoms with E-state index < -0.39 is 0 Å². The van der Waals surface area contributed by atoms with Gasteiger partial charge in [0.15, 0.2) is 0 Å². The Morgan fingerprint density at radius 1 is 1.25 bits per heavy atom. The second-order valence-corrected chi connectivity index (χ2v) is 6.06. The fraction of sp³-hybridized carbons (Fsp3) is 0.267. The predicted octanol–water partition coefficient (Wildman–Crippen LogP) is 2.93. The van der Waals surface area contributed by atoms with Gasteiger partial charge < -0.3 is 10.4 Å². The second kappa shape index (κ2) is 7.47. The highest BCUT2D eigenvalue weighted by Crippen LogP contribution is 2.25. The van der Waals surface area contributed by atoms with Crippen LogP contribution in [0.5, 0.6) is 0 Å². The number of aliphatic hydroxyl groups is 1. The van der Waals surface area contributed by atoms with E-state index in [0.717, 1.165) is 27.3 Å². The third-order valence-electron chi connectivity index (χ3n) is 2.96. The van der Waals surface area contributed by atoms with Gasteiger partial charge in [0, 0.05) is 11.4 Å². The molecule has 2 N–H and O–H groups in total. The molecule has 20 heavy (non-hydrogen) atoms. The van der Waals surface area contributed by atoms with Crippen molar-refractivity contribution in [3.63, 3.8) is 0 Å². The van der Waals surface area contributed by atoms with E-state index >= 15 is 0 Å². The predicted molar refractivity (Wildman–Crippen MR) is 84.5 cm³/mol. The minimum atomic E-state index is -0.00340. The Kier molecular flexibility index (Phi) is 5.64. The molecule has 0 spiro atoms. The summed E-state index contributed by atoms with van der Waals surface area (Å²) in [4.78, 5) is 13.8. The molecule has 0 atom stereocenters. The van der Waals surface area contributed by atoms with E-state index in [2.05, 4.69) is 5.32 Å². The van der Waals surface area contributed by atoms with E-state index in [1.165, 1.54) is 11.3 Å². The first-order chi connectivity index (χ1) is 9.74. The molecule has 0 aliphatic carbocycles. The summed E-state index contributed by atoms with van der Waals surface area (Å²) in [6, 6.07) is 9.74. The summed E-state index contributed by atoms with van der Waals surface area (Å²) in [5.74, 6) is -0.00340. The second-order valence-electron chi connectivity index (χ2n) is 4.30. The lowest BCUT2D eigenvalue weighted by atomic mass is 10.1. The van der Waals surface area contributed by atoms with Crippen molar-refractivity contribution >= 4 is 29.0 Å². The molecule has 1 aromatic carbocycles. The molecule has 0 aliphatic heterocycles. The molecular weight excluding hydrogens is 290 g/mol. The lowest BCUT2D eigenvalue weighted by molar-refractivity contribution is 0.0955. The van der Waals surface area contributed by atoms with Crippen LogP contribution in [0, 0.1) is 0 Å². The maximum absolute atomic E-state index is 12.0. The van der Waals surface area contributed by atoms with Crippen LogP contribution in [0.15, 0.2) is 40.6 Å². The number of amides is 1. The average Bonchev–Trinajstić information content (AvgIpc) is 2.96. The first kappa shape index (κ1) is 15.1. The van der Waals surface area contributed by atoms with Crippen molar-refractivity contribution in [2.24, 2.45) is 0 Å². The van der Waals surface area contributed by atoms with E-state index in [9.17, 15) is 4.79 Å². The van der Waals surface area contributed by atoms with Crippen molar-refractivity contribution in [3.05, 3.63) is 51.7 Å². The highest BCUT2D eigenvalue weighted by atomic mass is 32.2. The van der Waals surface area contributed by atoms with Crippen molar-refractivity contribution in [3.8, 4) is 0 Å². The molecule has 0 fully saturated rings. The molecule has 106 valence electrons. The topological polar surface area (TPSA) is 49.3 Å². The zero-order valence-corrected chi connectivity index (χ0v) is 12.9. The number of nitrogens with one attached hydrogen (secondary N) is 1. The molecule has 0 saturated carbocycles. The highest BCUT2D eigenvalue weighted by Gasteiger charge is 2.11. The SMILES string of the molecule is CSc1ccsc1C(=O)NCCc1ccc(CO)cc1. The Labute approximate surface area is 127 Å². The summed E-state index contributed by atoms with van der Waals surface area (Å²) in [5.41, 5.74) is 2.06. The smallest absolute Gasteiger partial charge is 0.262 e. The van der Waals surface area contributed by atoms with Crippen molar-refractivity contribution < 1.29 is 9.90 Å². The van der Waals surface area contributed by atoms with Crippen LogP contribution in [0.2, 0.25) is 0 Å². The molecule has 0 bridgehead atoms. The number of benzene rings is 1. The van der Waals surface area contributed by atoms with E-state index in [0.29, 0.717) is 6.54 Å². The summed E-state index contributed by atoms with van der Waals surface area (Å²) in [5, 5.41) is 13.9. The summed E-state index contributed by atoms with van der Waals surface area (Å²) in [6.45, 7) is 0.676. The van der Waals surface area contributed by atoms with Gasteiger partial charge in [-0.2, -0.15) is 0 Å².